The van der Waals surface area contributed by atoms with Crippen molar-refractivity contribution >= 4 is 27.6 Å². The Bertz CT molecular complexity index is 517. The Morgan fingerprint density at radius 3 is 2.76 bits per heavy atom. The highest BCUT2D eigenvalue weighted by molar-refractivity contribution is 7.89. The smallest absolute Gasteiger partial charge is 0.321 e. The molecule has 94 valence electrons. The van der Waals surface area contributed by atoms with E-state index in [1.165, 1.54) is 18.3 Å². The molecule has 0 spiro atoms. The van der Waals surface area contributed by atoms with Gasteiger partial charge in [-0.25, -0.2) is 13.4 Å². The Hall–Kier alpha value is -1.18. The van der Waals surface area contributed by atoms with Crippen molar-refractivity contribution in [2.75, 3.05) is 0 Å². The van der Waals surface area contributed by atoms with Gasteiger partial charge in [0.15, 0.2) is 0 Å². The lowest BCUT2D eigenvalue weighted by Crippen LogP contribution is -2.40. The van der Waals surface area contributed by atoms with Crippen molar-refractivity contribution in [3.05, 3.63) is 23.5 Å². The first-order valence-electron chi connectivity index (χ1n) is 4.74. The minimum absolute atomic E-state index is 0.131. The maximum Gasteiger partial charge on any atom is 0.321 e. The third-order valence-corrected chi connectivity index (χ3v) is 3.93. The number of hydrogen-bond donors (Lipinski definition) is 2. The van der Waals surface area contributed by atoms with Gasteiger partial charge in [0.2, 0.25) is 10.0 Å². The molecule has 1 rings (SSSR count). The lowest BCUT2D eigenvalue weighted by atomic mass is 10.2. The maximum absolute atomic E-state index is 11.8. The highest BCUT2D eigenvalue weighted by Gasteiger charge is 2.25. The third-order valence-electron chi connectivity index (χ3n) is 2.02. The molecule has 0 aliphatic heterocycles. The minimum Gasteiger partial charge on any atom is -0.480 e. The van der Waals surface area contributed by atoms with Crippen molar-refractivity contribution in [1.82, 2.24) is 9.71 Å². The van der Waals surface area contributed by atoms with Gasteiger partial charge in [0, 0.05) is 6.20 Å². The molecule has 2 N–H and O–H groups in total. The summed E-state index contributed by atoms with van der Waals surface area (Å²) in [6.45, 7) is 1.56. The number of halogens is 1. The van der Waals surface area contributed by atoms with Crippen molar-refractivity contribution in [2.45, 2.75) is 24.3 Å². The van der Waals surface area contributed by atoms with Crippen LogP contribution in [0.3, 0.4) is 0 Å². The Morgan fingerprint density at radius 2 is 2.29 bits per heavy atom. The van der Waals surface area contributed by atoms with Crippen LogP contribution in [0.1, 0.15) is 13.3 Å². The summed E-state index contributed by atoms with van der Waals surface area (Å²) in [4.78, 5) is 14.1. The number of carboxylic acid groups (broad SMARTS) is 1. The number of aromatic nitrogens is 1. The van der Waals surface area contributed by atoms with Crippen LogP contribution in [0, 0.1) is 0 Å². The summed E-state index contributed by atoms with van der Waals surface area (Å²) in [5.41, 5.74) is 0. The second kappa shape index (κ2) is 5.44. The maximum atomic E-state index is 11.8. The number of pyridine rings is 1. The molecular weight excluding hydrogens is 268 g/mol. The second-order valence-electron chi connectivity index (χ2n) is 3.21. The summed E-state index contributed by atoms with van der Waals surface area (Å²) >= 11 is 5.64. The van der Waals surface area contributed by atoms with Gasteiger partial charge >= 0.3 is 5.97 Å². The fourth-order valence-electron chi connectivity index (χ4n) is 1.13. The summed E-state index contributed by atoms with van der Waals surface area (Å²) in [5.74, 6) is -1.24. The van der Waals surface area contributed by atoms with Crippen LogP contribution in [0.4, 0.5) is 0 Å². The zero-order chi connectivity index (χ0) is 13.1. The van der Waals surface area contributed by atoms with Gasteiger partial charge in [0.1, 0.15) is 16.1 Å². The van der Waals surface area contributed by atoms with Gasteiger partial charge in [-0.15, -0.1) is 0 Å². The van der Waals surface area contributed by atoms with Crippen LogP contribution in [-0.4, -0.2) is 30.5 Å². The van der Waals surface area contributed by atoms with E-state index < -0.39 is 22.0 Å². The molecule has 0 aliphatic rings. The molecular formula is C9H11ClN2O4S. The highest BCUT2D eigenvalue weighted by atomic mass is 35.5. The summed E-state index contributed by atoms with van der Waals surface area (Å²) in [6.07, 6.45) is 1.47. The van der Waals surface area contributed by atoms with Crippen LogP contribution in [0.25, 0.3) is 0 Å². The largest absolute Gasteiger partial charge is 0.480 e. The van der Waals surface area contributed by atoms with Crippen molar-refractivity contribution in [2.24, 2.45) is 0 Å². The SMILES string of the molecule is CC[C@H](NS(=O)(=O)c1cccnc1Cl)C(=O)O. The average molecular weight is 279 g/mol. The van der Waals surface area contributed by atoms with E-state index in [1.807, 2.05) is 4.72 Å². The van der Waals surface area contributed by atoms with E-state index >= 15 is 0 Å². The number of aliphatic carboxylic acids is 1. The topological polar surface area (TPSA) is 96.4 Å². The zero-order valence-electron chi connectivity index (χ0n) is 8.92. The normalized spacial score (nSPS) is 13.3. The summed E-state index contributed by atoms with van der Waals surface area (Å²) in [7, 11) is -3.97. The van der Waals surface area contributed by atoms with Crippen molar-refractivity contribution < 1.29 is 18.3 Å². The number of hydrogen-bond acceptors (Lipinski definition) is 4. The van der Waals surface area contributed by atoms with Crippen LogP contribution < -0.4 is 4.72 Å². The van der Waals surface area contributed by atoms with E-state index in [0.717, 1.165) is 0 Å². The van der Waals surface area contributed by atoms with Gasteiger partial charge in [0.25, 0.3) is 0 Å². The quantitative estimate of drug-likeness (QED) is 0.779. The monoisotopic (exact) mass is 278 g/mol. The number of carboxylic acids is 1. The van der Waals surface area contributed by atoms with E-state index in [0.29, 0.717) is 0 Å². The van der Waals surface area contributed by atoms with Gasteiger partial charge in [-0.1, -0.05) is 18.5 Å². The molecule has 6 nitrogen and oxygen atoms in total. The molecule has 0 unspecified atom stereocenters. The molecule has 1 aromatic rings. The first-order chi connectivity index (χ1) is 7.88. The second-order valence-corrected chi connectivity index (χ2v) is 5.25. The summed E-state index contributed by atoms with van der Waals surface area (Å²) in [6, 6.07) is 1.48. The van der Waals surface area contributed by atoms with Crippen LogP contribution in [0.15, 0.2) is 23.2 Å². The Labute approximate surface area is 104 Å². The van der Waals surface area contributed by atoms with Crippen molar-refractivity contribution in [1.29, 1.82) is 0 Å². The van der Waals surface area contributed by atoms with E-state index in [4.69, 9.17) is 16.7 Å². The zero-order valence-corrected chi connectivity index (χ0v) is 10.5. The molecule has 0 bridgehead atoms. The number of sulfonamides is 1. The van der Waals surface area contributed by atoms with Gasteiger partial charge in [-0.05, 0) is 18.6 Å². The highest BCUT2D eigenvalue weighted by Crippen LogP contribution is 2.18. The number of nitrogens with zero attached hydrogens (tertiary/aromatic N) is 1. The lowest BCUT2D eigenvalue weighted by Gasteiger charge is -2.12. The van der Waals surface area contributed by atoms with Crippen molar-refractivity contribution in [3.8, 4) is 0 Å². The minimum atomic E-state index is -3.97. The van der Waals surface area contributed by atoms with E-state index in [-0.39, 0.29) is 16.5 Å². The third kappa shape index (κ3) is 3.39. The predicted molar refractivity (Wildman–Crippen MR) is 61.3 cm³/mol. The number of nitrogens with one attached hydrogen (secondary N) is 1. The van der Waals surface area contributed by atoms with E-state index in [2.05, 4.69) is 4.98 Å². The van der Waals surface area contributed by atoms with Crippen molar-refractivity contribution in [3.63, 3.8) is 0 Å². The Balaban J connectivity index is 3.05. The van der Waals surface area contributed by atoms with Crippen LogP contribution in [-0.2, 0) is 14.8 Å². The fraction of sp³-hybridized carbons (Fsp3) is 0.333. The van der Waals surface area contributed by atoms with Crippen LogP contribution in [0.5, 0.6) is 0 Å². The molecule has 17 heavy (non-hydrogen) atoms. The molecule has 0 saturated carbocycles. The first kappa shape index (κ1) is 13.9. The molecule has 8 heteroatoms. The first-order valence-corrected chi connectivity index (χ1v) is 6.60. The molecule has 0 amide bonds. The fourth-order valence-corrected chi connectivity index (χ4v) is 2.86. The molecule has 0 saturated heterocycles. The Morgan fingerprint density at radius 1 is 1.65 bits per heavy atom. The molecule has 1 aromatic heterocycles. The van der Waals surface area contributed by atoms with E-state index in [9.17, 15) is 13.2 Å². The lowest BCUT2D eigenvalue weighted by molar-refractivity contribution is -0.139. The van der Waals surface area contributed by atoms with Crippen LogP contribution >= 0.6 is 11.6 Å². The van der Waals surface area contributed by atoms with E-state index in [1.54, 1.807) is 6.92 Å². The molecule has 0 aliphatic carbocycles. The molecule has 1 atom stereocenters. The van der Waals surface area contributed by atoms with Gasteiger partial charge in [-0.2, -0.15) is 4.72 Å². The number of carbonyl (C=O) groups is 1. The molecule has 0 fully saturated rings. The predicted octanol–water partition coefficient (Wildman–Crippen LogP) is 0.877. The number of rotatable bonds is 5. The van der Waals surface area contributed by atoms with Gasteiger partial charge in [-0.3, -0.25) is 4.79 Å². The standard InChI is InChI=1S/C9H11ClN2O4S/c1-2-6(9(13)14)12-17(15,16)7-4-3-5-11-8(7)10/h3-6,12H,2H2,1H3,(H,13,14)/t6-/m0/s1. The summed E-state index contributed by atoms with van der Waals surface area (Å²) in [5, 5.41) is 8.58. The van der Waals surface area contributed by atoms with Crippen LogP contribution in [0.2, 0.25) is 5.15 Å². The molecule has 1 heterocycles. The molecule has 0 aromatic carbocycles. The average Bonchev–Trinajstić information content (AvgIpc) is 2.26. The van der Waals surface area contributed by atoms with Gasteiger partial charge < -0.3 is 5.11 Å². The van der Waals surface area contributed by atoms with Gasteiger partial charge in [0.05, 0.1) is 0 Å². The summed E-state index contributed by atoms with van der Waals surface area (Å²) < 4.78 is 25.7. The molecule has 0 radical (unpaired) electrons. The Kier molecular flexibility index (Phi) is 4.44.